The van der Waals surface area contributed by atoms with Crippen molar-refractivity contribution in [1.29, 1.82) is 0 Å². The Bertz CT molecular complexity index is 888. The number of ether oxygens (including phenoxy) is 2. The van der Waals surface area contributed by atoms with Crippen LogP contribution in [0.2, 0.25) is 0 Å². The van der Waals surface area contributed by atoms with E-state index in [-0.39, 0.29) is 28.4 Å². The molecule has 0 fully saturated rings. The zero-order valence-electron chi connectivity index (χ0n) is 13.0. The number of nitrogens with zero attached hydrogens (tertiary/aromatic N) is 1. The predicted molar refractivity (Wildman–Crippen MR) is 84.9 cm³/mol. The number of aromatic nitrogens is 2. The topological polar surface area (TPSA) is 56.2 Å². The number of halogens is 1. The van der Waals surface area contributed by atoms with E-state index in [4.69, 9.17) is 9.47 Å². The number of hydrogen-bond acceptors (Lipinski definition) is 3. The Morgan fingerprint density at radius 2 is 1.62 bits per heavy atom. The molecule has 5 nitrogen and oxygen atoms in total. The van der Waals surface area contributed by atoms with Crippen molar-refractivity contribution in [3.63, 3.8) is 0 Å². The van der Waals surface area contributed by atoms with Crippen LogP contribution in [0.1, 0.15) is 0 Å². The summed E-state index contributed by atoms with van der Waals surface area (Å²) in [5.41, 5.74) is 1.81. The molecule has 24 heavy (non-hydrogen) atoms. The van der Waals surface area contributed by atoms with Crippen LogP contribution < -0.4 is 15.0 Å². The maximum Gasteiger partial charge on any atom is 0.265 e. The minimum absolute atomic E-state index is 0. The van der Waals surface area contributed by atoms with Crippen molar-refractivity contribution in [3.8, 4) is 28.4 Å². The van der Waals surface area contributed by atoms with Gasteiger partial charge in [0.2, 0.25) is 0 Å². The molecular weight excluding hydrogens is 363 g/mol. The Balaban J connectivity index is 0.00000208. The molecule has 0 spiro atoms. The van der Waals surface area contributed by atoms with Crippen LogP contribution >= 0.6 is 0 Å². The van der Waals surface area contributed by atoms with Crippen molar-refractivity contribution in [2.45, 2.75) is 0 Å². The second-order valence-corrected chi connectivity index (χ2v) is 4.89. The molecule has 1 N–H and O–H groups in total. The van der Waals surface area contributed by atoms with Crippen LogP contribution in [0.4, 0.5) is 4.39 Å². The van der Waals surface area contributed by atoms with Crippen LogP contribution in [0, 0.1) is 5.82 Å². The molecule has 0 atom stereocenters. The SMILES string of the molecule is COc1ccc(-c2cc(=O)[nH]n2-c2ccc(F)cc2)cc1OC.[Cu]. The van der Waals surface area contributed by atoms with Crippen molar-refractivity contribution in [2.24, 2.45) is 0 Å². The monoisotopic (exact) mass is 377 g/mol. The van der Waals surface area contributed by atoms with Crippen molar-refractivity contribution in [2.75, 3.05) is 14.2 Å². The second kappa shape index (κ2) is 7.38. The second-order valence-electron chi connectivity index (χ2n) is 4.89. The van der Waals surface area contributed by atoms with Crippen LogP contribution in [0.3, 0.4) is 0 Å². The summed E-state index contributed by atoms with van der Waals surface area (Å²) in [6.45, 7) is 0. The molecule has 3 aromatic rings. The van der Waals surface area contributed by atoms with E-state index in [0.717, 1.165) is 5.56 Å². The van der Waals surface area contributed by atoms with E-state index in [9.17, 15) is 9.18 Å². The third-order valence-electron chi connectivity index (χ3n) is 3.49. The van der Waals surface area contributed by atoms with E-state index in [1.807, 2.05) is 6.07 Å². The molecule has 0 aliphatic rings. The standard InChI is InChI=1S/C17H15FN2O3.Cu/c1-22-15-8-3-11(9-16(15)23-2)14-10-17(21)19-20(14)13-6-4-12(18)5-7-13;/h3-10H,1-2H3,(H,19,21);. The first-order valence-corrected chi connectivity index (χ1v) is 6.93. The molecule has 0 amide bonds. The number of H-pyrrole nitrogens is 1. The van der Waals surface area contributed by atoms with Gasteiger partial charge in [-0.1, -0.05) is 0 Å². The molecule has 1 aromatic heterocycles. The van der Waals surface area contributed by atoms with Gasteiger partial charge in [0.15, 0.2) is 11.5 Å². The van der Waals surface area contributed by atoms with Crippen molar-refractivity contribution in [3.05, 3.63) is 64.7 Å². The zero-order chi connectivity index (χ0) is 16.4. The quantitative estimate of drug-likeness (QED) is 0.711. The molecule has 0 unspecified atom stereocenters. The predicted octanol–water partition coefficient (Wildman–Crippen LogP) is 2.99. The summed E-state index contributed by atoms with van der Waals surface area (Å²) in [5.74, 6) is 0.822. The molecular formula is C17H15CuFN2O3. The Labute approximate surface area is 148 Å². The minimum Gasteiger partial charge on any atom is -0.493 e. The van der Waals surface area contributed by atoms with Crippen molar-refractivity contribution in [1.82, 2.24) is 9.78 Å². The van der Waals surface area contributed by atoms with Crippen LogP contribution in [-0.4, -0.2) is 24.0 Å². The molecule has 0 saturated carbocycles. The van der Waals surface area contributed by atoms with E-state index in [1.165, 1.54) is 18.2 Å². The van der Waals surface area contributed by atoms with Crippen molar-refractivity contribution >= 4 is 0 Å². The van der Waals surface area contributed by atoms with Gasteiger partial charge in [-0.15, -0.1) is 0 Å². The zero-order valence-corrected chi connectivity index (χ0v) is 13.9. The molecule has 0 aliphatic carbocycles. The molecule has 1 heterocycles. The van der Waals surface area contributed by atoms with Gasteiger partial charge in [0, 0.05) is 28.7 Å². The molecule has 2 aromatic carbocycles. The average Bonchev–Trinajstić information content (AvgIpc) is 2.96. The first-order valence-electron chi connectivity index (χ1n) is 6.93. The number of methoxy groups -OCH3 is 2. The van der Waals surface area contributed by atoms with Gasteiger partial charge in [-0.3, -0.25) is 14.6 Å². The van der Waals surface area contributed by atoms with Crippen LogP contribution in [0.25, 0.3) is 16.9 Å². The molecule has 1 radical (unpaired) electrons. The number of nitrogens with one attached hydrogen (secondary N) is 1. The summed E-state index contributed by atoms with van der Waals surface area (Å²) >= 11 is 0. The maximum absolute atomic E-state index is 13.1. The molecule has 129 valence electrons. The molecule has 0 saturated heterocycles. The van der Waals surface area contributed by atoms with Gasteiger partial charge >= 0.3 is 0 Å². The average molecular weight is 378 g/mol. The Morgan fingerprint density at radius 3 is 2.25 bits per heavy atom. The van der Waals surface area contributed by atoms with Crippen molar-refractivity contribution < 1.29 is 30.9 Å². The number of rotatable bonds is 4. The summed E-state index contributed by atoms with van der Waals surface area (Å²) in [4.78, 5) is 11.8. The van der Waals surface area contributed by atoms with E-state index in [1.54, 1.807) is 43.2 Å². The first-order chi connectivity index (χ1) is 11.1. The summed E-state index contributed by atoms with van der Waals surface area (Å²) in [6, 6.07) is 12.7. The van der Waals surface area contributed by atoms with E-state index >= 15 is 0 Å². The normalized spacial score (nSPS) is 10.1. The van der Waals surface area contributed by atoms with E-state index in [2.05, 4.69) is 5.10 Å². The van der Waals surface area contributed by atoms with Gasteiger partial charge in [0.1, 0.15) is 5.82 Å². The smallest absolute Gasteiger partial charge is 0.265 e. The summed E-state index contributed by atoms with van der Waals surface area (Å²) < 4.78 is 25.2. The van der Waals surface area contributed by atoms with Crippen LogP contribution in [0.15, 0.2) is 53.3 Å². The maximum atomic E-state index is 13.1. The minimum atomic E-state index is -0.337. The third-order valence-corrected chi connectivity index (χ3v) is 3.49. The van der Waals surface area contributed by atoms with Crippen LogP contribution in [-0.2, 0) is 17.1 Å². The van der Waals surface area contributed by atoms with E-state index in [0.29, 0.717) is 22.9 Å². The largest absolute Gasteiger partial charge is 0.493 e. The van der Waals surface area contributed by atoms with E-state index < -0.39 is 0 Å². The third kappa shape index (κ3) is 3.37. The van der Waals surface area contributed by atoms with Gasteiger partial charge in [0.25, 0.3) is 5.56 Å². The van der Waals surface area contributed by atoms with Gasteiger partial charge < -0.3 is 9.47 Å². The number of aromatic amines is 1. The van der Waals surface area contributed by atoms with Crippen LogP contribution in [0.5, 0.6) is 11.5 Å². The Hall–Kier alpha value is -2.50. The summed E-state index contributed by atoms with van der Waals surface area (Å²) in [5, 5.41) is 2.71. The Morgan fingerprint density at radius 1 is 0.958 bits per heavy atom. The fraction of sp³-hybridized carbons (Fsp3) is 0.118. The molecule has 0 bridgehead atoms. The fourth-order valence-corrected chi connectivity index (χ4v) is 2.39. The first kappa shape index (κ1) is 17.8. The van der Waals surface area contributed by atoms with Gasteiger partial charge in [-0.2, -0.15) is 0 Å². The summed E-state index contributed by atoms with van der Waals surface area (Å²) in [7, 11) is 3.11. The molecule has 0 aliphatic heterocycles. The van der Waals surface area contributed by atoms with Gasteiger partial charge in [-0.05, 0) is 42.5 Å². The Kier molecular flexibility index (Phi) is 5.49. The summed E-state index contributed by atoms with van der Waals surface area (Å²) in [6.07, 6.45) is 0. The fourth-order valence-electron chi connectivity index (χ4n) is 2.39. The van der Waals surface area contributed by atoms with Gasteiger partial charge in [-0.25, -0.2) is 4.39 Å². The molecule has 3 rings (SSSR count). The number of benzene rings is 2. The number of hydrogen-bond donors (Lipinski definition) is 1. The van der Waals surface area contributed by atoms with Gasteiger partial charge in [0.05, 0.1) is 25.6 Å². The molecule has 7 heteroatoms.